The maximum atomic E-state index is 9.74. The molecule has 3 nitrogen and oxygen atoms in total. The standard InChI is InChI=1S/C12H23NO2/c1-13(9-11-5-3-7-15-11)8-10-4-2-6-12(10)14/h10-12,14H,2-9H2,1H3. The van der Waals surface area contributed by atoms with E-state index in [9.17, 15) is 5.11 Å². The fourth-order valence-electron chi connectivity index (χ4n) is 2.84. The molecular formula is C12H23NO2. The predicted octanol–water partition coefficient (Wildman–Crippen LogP) is 1.26. The zero-order valence-electron chi connectivity index (χ0n) is 9.69. The largest absolute Gasteiger partial charge is 0.393 e. The molecule has 1 heterocycles. The first kappa shape index (κ1) is 11.4. The Balaban J connectivity index is 1.69. The van der Waals surface area contributed by atoms with Crippen molar-refractivity contribution >= 4 is 0 Å². The Morgan fingerprint density at radius 2 is 2.07 bits per heavy atom. The zero-order chi connectivity index (χ0) is 10.7. The number of hydrogen-bond acceptors (Lipinski definition) is 3. The van der Waals surface area contributed by atoms with Crippen molar-refractivity contribution in [3.8, 4) is 0 Å². The van der Waals surface area contributed by atoms with Gasteiger partial charge in [-0.3, -0.25) is 0 Å². The summed E-state index contributed by atoms with van der Waals surface area (Å²) in [5, 5.41) is 9.74. The third-order valence-electron chi connectivity index (χ3n) is 3.70. The van der Waals surface area contributed by atoms with Crippen molar-refractivity contribution in [3.63, 3.8) is 0 Å². The molecule has 0 aromatic heterocycles. The Morgan fingerprint density at radius 1 is 1.20 bits per heavy atom. The van der Waals surface area contributed by atoms with E-state index in [4.69, 9.17) is 4.74 Å². The van der Waals surface area contributed by atoms with Crippen LogP contribution in [0.2, 0.25) is 0 Å². The predicted molar refractivity (Wildman–Crippen MR) is 59.8 cm³/mol. The second-order valence-corrected chi connectivity index (χ2v) is 5.11. The molecule has 1 aliphatic carbocycles. The van der Waals surface area contributed by atoms with Gasteiger partial charge in [-0.15, -0.1) is 0 Å². The van der Waals surface area contributed by atoms with Crippen LogP contribution < -0.4 is 0 Å². The maximum Gasteiger partial charge on any atom is 0.0702 e. The summed E-state index contributed by atoms with van der Waals surface area (Å²) in [6.07, 6.45) is 6.18. The van der Waals surface area contributed by atoms with E-state index in [1.807, 2.05) is 0 Å². The van der Waals surface area contributed by atoms with E-state index in [0.717, 1.165) is 26.1 Å². The Morgan fingerprint density at radius 3 is 2.67 bits per heavy atom. The quantitative estimate of drug-likeness (QED) is 0.763. The lowest BCUT2D eigenvalue weighted by Crippen LogP contribution is -2.35. The highest BCUT2D eigenvalue weighted by molar-refractivity contribution is 4.79. The van der Waals surface area contributed by atoms with Gasteiger partial charge in [0.25, 0.3) is 0 Å². The van der Waals surface area contributed by atoms with E-state index >= 15 is 0 Å². The third kappa shape index (κ3) is 3.16. The number of aliphatic hydroxyl groups is 1. The number of likely N-dealkylation sites (N-methyl/N-ethyl adjacent to an activating group) is 1. The van der Waals surface area contributed by atoms with Crippen LogP contribution in [-0.4, -0.2) is 49.0 Å². The first-order valence-electron chi connectivity index (χ1n) is 6.24. The average molecular weight is 213 g/mol. The van der Waals surface area contributed by atoms with Crippen molar-refractivity contribution in [3.05, 3.63) is 0 Å². The van der Waals surface area contributed by atoms with E-state index in [2.05, 4.69) is 11.9 Å². The highest BCUT2D eigenvalue weighted by Crippen LogP contribution is 2.26. The molecule has 0 amide bonds. The molecule has 2 fully saturated rings. The van der Waals surface area contributed by atoms with Gasteiger partial charge in [-0.25, -0.2) is 0 Å². The molecule has 88 valence electrons. The summed E-state index contributed by atoms with van der Waals surface area (Å²) in [5.41, 5.74) is 0. The van der Waals surface area contributed by atoms with E-state index in [1.54, 1.807) is 0 Å². The molecule has 2 rings (SSSR count). The molecule has 0 aromatic carbocycles. The summed E-state index contributed by atoms with van der Waals surface area (Å²) >= 11 is 0. The number of ether oxygens (including phenoxy) is 1. The van der Waals surface area contributed by atoms with Gasteiger partial charge in [0, 0.05) is 19.7 Å². The van der Waals surface area contributed by atoms with Crippen LogP contribution in [0.25, 0.3) is 0 Å². The molecule has 1 saturated heterocycles. The molecule has 1 saturated carbocycles. The minimum Gasteiger partial charge on any atom is -0.393 e. The van der Waals surface area contributed by atoms with Gasteiger partial charge in [-0.05, 0) is 38.6 Å². The maximum absolute atomic E-state index is 9.74. The summed E-state index contributed by atoms with van der Waals surface area (Å²) in [6.45, 7) is 2.99. The summed E-state index contributed by atoms with van der Waals surface area (Å²) < 4.78 is 5.61. The number of nitrogens with zero attached hydrogens (tertiary/aromatic N) is 1. The number of hydrogen-bond donors (Lipinski definition) is 1. The van der Waals surface area contributed by atoms with Crippen LogP contribution in [0.3, 0.4) is 0 Å². The fraction of sp³-hybridized carbons (Fsp3) is 1.00. The highest BCUT2D eigenvalue weighted by Gasteiger charge is 2.27. The lowest BCUT2D eigenvalue weighted by molar-refractivity contribution is 0.0618. The van der Waals surface area contributed by atoms with Crippen LogP contribution in [0.1, 0.15) is 32.1 Å². The van der Waals surface area contributed by atoms with Gasteiger partial charge in [-0.1, -0.05) is 6.42 Å². The normalized spacial score (nSPS) is 36.6. The first-order chi connectivity index (χ1) is 7.25. The summed E-state index contributed by atoms with van der Waals surface area (Å²) in [7, 11) is 2.15. The zero-order valence-corrected chi connectivity index (χ0v) is 9.69. The van der Waals surface area contributed by atoms with Gasteiger partial charge in [0.15, 0.2) is 0 Å². The molecule has 3 unspecified atom stereocenters. The molecule has 2 aliphatic rings. The molecule has 0 radical (unpaired) electrons. The minimum absolute atomic E-state index is 0.0584. The van der Waals surface area contributed by atoms with Gasteiger partial charge in [0.2, 0.25) is 0 Å². The van der Waals surface area contributed by atoms with E-state index in [-0.39, 0.29) is 6.10 Å². The third-order valence-corrected chi connectivity index (χ3v) is 3.70. The molecule has 0 aromatic rings. The molecule has 0 bridgehead atoms. The van der Waals surface area contributed by atoms with Gasteiger partial charge >= 0.3 is 0 Å². The average Bonchev–Trinajstić information content (AvgIpc) is 2.79. The second kappa shape index (κ2) is 5.28. The van der Waals surface area contributed by atoms with Gasteiger partial charge in [0.1, 0.15) is 0 Å². The molecule has 3 atom stereocenters. The molecule has 3 heteroatoms. The van der Waals surface area contributed by atoms with E-state index in [1.165, 1.54) is 25.7 Å². The van der Waals surface area contributed by atoms with Crippen molar-refractivity contribution in [2.24, 2.45) is 5.92 Å². The minimum atomic E-state index is -0.0584. The van der Waals surface area contributed by atoms with Crippen LogP contribution in [0.4, 0.5) is 0 Å². The molecule has 0 spiro atoms. The highest BCUT2D eigenvalue weighted by atomic mass is 16.5. The van der Waals surface area contributed by atoms with Crippen molar-refractivity contribution < 1.29 is 9.84 Å². The SMILES string of the molecule is CN(CC1CCCO1)CC1CCCC1O. The Bertz CT molecular complexity index is 192. The van der Waals surface area contributed by atoms with Crippen LogP contribution in [0.15, 0.2) is 0 Å². The molecule has 1 aliphatic heterocycles. The van der Waals surface area contributed by atoms with Crippen LogP contribution in [0, 0.1) is 5.92 Å². The fourth-order valence-corrected chi connectivity index (χ4v) is 2.84. The smallest absolute Gasteiger partial charge is 0.0702 e. The van der Waals surface area contributed by atoms with Crippen molar-refractivity contribution in [2.45, 2.75) is 44.3 Å². The van der Waals surface area contributed by atoms with Gasteiger partial charge in [-0.2, -0.15) is 0 Å². The van der Waals surface area contributed by atoms with Crippen molar-refractivity contribution in [2.75, 3.05) is 26.7 Å². The lowest BCUT2D eigenvalue weighted by atomic mass is 10.1. The van der Waals surface area contributed by atoms with E-state index in [0.29, 0.717) is 12.0 Å². The second-order valence-electron chi connectivity index (χ2n) is 5.11. The van der Waals surface area contributed by atoms with Crippen LogP contribution >= 0.6 is 0 Å². The Labute approximate surface area is 92.4 Å². The molecule has 1 N–H and O–H groups in total. The van der Waals surface area contributed by atoms with Gasteiger partial charge < -0.3 is 14.7 Å². The van der Waals surface area contributed by atoms with Crippen LogP contribution in [-0.2, 0) is 4.74 Å². The first-order valence-corrected chi connectivity index (χ1v) is 6.24. The monoisotopic (exact) mass is 213 g/mol. The Hall–Kier alpha value is -0.120. The van der Waals surface area contributed by atoms with Gasteiger partial charge in [0.05, 0.1) is 12.2 Å². The van der Waals surface area contributed by atoms with E-state index < -0.39 is 0 Å². The van der Waals surface area contributed by atoms with Crippen molar-refractivity contribution in [1.82, 2.24) is 4.90 Å². The number of aliphatic hydroxyl groups excluding tert-OH is 1. The summed E-state index contributed by atoms with van der Waals surface area (Å²) in [4.78, 5) is 2.33. The summed E-state index contributed by atoms with van der Waals surface area (Å²) in [5.74, 6) is 0.497. The Kier molecular flexibility index (Phi) is 4.00. The molecular weight excluding hydrogens is 190 g/mol. The van der Waals surface area contributed by atoms with Crippen LogP contribution in [0.5, 0.6) is 0 Å². The molecule has 15 heavy (non-hydrogen) atoms. The lowest BCUT2D eigenvalue weighted by Gasteiger charge is -2.25. The number of rotatable bonds is 4. The summed E-state index contributed by atoms with van der Waals surface area (Å²) in [6, 6.07) is 0. The van der Waals surface area contributed by atoms with Crippen molar-refractivity contribution in [1.29, 1.82) is 0 Å². The topological polar surface area (TPSA) is 32.7 Å².